The van der Waals surface area contributed by atoms with Crippen molar-refractivity contribution < 1.29 is 4.74 Å². The maximum absolute atomic E-state index is 6.35. The summed E-state index contributed by atoms with van der Waals surface area (Å²) in [7, 11) is 0. The van der Waals surface area contributed by atoms with Crippen molar-refractivity contribution >= 4 is 15.9 Å². The molecular weight excluding hydrogens is 412 g/mol. The Morgan fingerprint density at radius 3 is 2.61 bits per heavy atom. The van der Waals surface area contributed by atoms with Gasteiger partial charge in [0.05, 0.1) is 5.60 Å². The summed E-state index contributed by atoms with van der Waals surface area (Å²) in [6.07, 6.45) is 11.4. The maximum atomic E-state index is 6.35. The van der Waals surface area contributed by atoms with Gasteiger partial charge < -0.3 is 10.1 Å². The second-order valence-electron chi connectivity index (χ2n) is 8.50. The topological polar surface area (TPSA) is 34.2 Å². The van der Waals surface area contributed by atoms with E-state index >= 15 is 0 Å². The van der Waals surface area contributed by atoms with Crippen molar-refractivity contribution in [3.63, 3.8) is 0 Å². The van der Waals surface area contributed by atoms with Gasteiger partial charge in [-0.1, -0.05) is 53.0 Å². The molecule has 0 amide bonds. The van der Waals surface area contributed by atoms with Crippen molar-refractivity contribution in [2.75, 3.05) is 19.7 Å². The van der Waals surface area contributed by atoms with Gasteiger partial charge in [-0.05, 0) is 75.4 Å². The molecule has 0 radical (unpaired) electrons. The summed E-state index contributed by atoms with van der Waals surface area (Å²) >= 11 is 3.65. The van der Waals surface area contributed by atoms with Crippen LogP contribution in [0.5, 0.6) is 0 Å². The van der Waals surface area contributed by atoms with Crippen LogP contribution < -0.4 is 5.32 Å². The van der Waals surface area contributed by atoms with Gasteiger partial charge in [0.2, 0.25) is 0 Å². The SMILES string of the molecule is Brc1ccccc1CCNCC[C@@]1(c2ccccn2)CCOC2(CCCC2)C1. The number of hydrogen-bond acceptors (Lipinski definition) is 3. The van der Waals surface area contributed by atoms with Gasteiger partial charge >= 0.3 is 0 Å². The molecule has 1 atom stereocenters. The number of benzene rings is 1. The number of rotatable bonds is 7. The van der Waals surface area contributed by atoms with E-state index in [4.69, 9.17) is 9.72 Å². The third kappa shape index (κ3) is 4.50. The van der Waals surface area contributed by atoms with Crippen LogP contribution in [0.4, 0.5) is 0 Å². The van der Waals surface area contributed by atoms with Crippen molar-refractivity contribution in [1.82, 2.24) is 10.3 Å². The van der Waals surface area contributed by atoms with Crippen LogP contribution in [0.25, 0.3) is 0 Å². The lowest BCUT2D eigenvalue weighted by Crippen LogP contribution is -2.47. The first-order valence-corrected chi connectivity index (χ1v) is 11.5. The molecule has 2 heterocycles. The molecule has 1 aromatic heterocycles. The molecule has 150 valence electrons. The van der Waals surface area contributed by atoms with E-state index in [2.05, 4.69) is 57.6 Å². The van der Waals surface area contributed by atoms with Crippen LogP contribution in [0.2, 0.25) is 0 Å². The number of pyridine rings is 1. The average Bonchev–Trinajstić information content (AvgIpc) is 3.17. The van der Waals surface area contributed by atoms with Gasteiger partial charge in [0.1, 0.15) is 0 Å². The number of hydrogen-bond donors (Lipinski definition) is 1. The predicted molar refractivity (Wildman–Crippen MR) is 118 cm³/mol. The Labute approximate surface area is 177 Å². The van der Waals surface area contributed by atoms with Crippen molar-refractivity contribution in [2.24, 2.45) is 0 Å². The number of nitrogens with zero attached hydrogens (tertiary/aromatic N) is 1. The smallest absolute Gasteiger partial charge is 0.0691 e. The summed E-state index contributed by atoms with van der Waals surface area (Å²) in [6, 6.07) is 14.9. The number of aromatic nitrogens is 1. The maximum Gasteiger partial charge on any atom is 0.0691 e. The van der Waals surface area contributed by atoms with E-state index in [0.29, 0.717) is 0 Å². The minimum atomic E-state index is 0.102. The predicted octanol–water partition coefficient (Wildman–Crippen LogP) is 5.43. The molecule has 0 bridgehead atoms. The Bertz CT molecular complexity index is 760. The number of ether oxygens (including phenoxy) is 1. The van der Waals surface area contributed by atoms with Crippen LogP contribution in [-0.2, 0) is 16.6 Å². The van der Waals surface area contributed by atoms with Crippen LogP contribution in [0, 0.1) is 0 Å². The molecule has 2 fully saturated rings. The highest BCUT2D eigenvalue weighted by Crippen LogP contribution is 2.49. The molecule has 3 nitrogen and oxygen atoms in total. The standard InChI is InChI=1S/C24H31BrN2O/c25-21-8-2-1-7-20(21)10-16-26-17-13-23(22-9-3-6-15-27-22)14-18-28-24(19-23)11-4-5-12-24/h1-3,6-9,15,26H,4-5,10-14,16-19H2/t23-/m1/s1. The fourth-order valence-electron chi connectivity index (χ4n) is 5.17. The molecule has 1 saturated carbocycles. The van der Waals surface area contributed by atoms with Gasteiger partial charge in [0.25, 0.3) is 0 Å². The molecule has 1 N–H and O–H groups in total. The molecule has 1 aliphatic carbocycles. The summed E-state index contributed by atoms with van der Waals surface area (Å²) in [5, 5.41) is 3.69. The Morgan fingerprint density at radius 2 is 1.82 bits per heavy atom. The Morgan fingerprint density at radius 1 is 1.00 bits per heavy atom. The highest BCUT2D eigenvalue weighted by Gasteiger charge is 2.48. The molecule has 1 saturated heterocycles. The van der Waals surface area contributed by atoms with Gasteiger partial charge in [-0.25, -0.2) is 0 Å². The van der Waals surface area contributed by atoms with E-state index < -0.39 is 0 Å². The highest BCUT2D eigenvalue weighted by atomic mass is 79.9. The van der Waals surface area contributed by atoms with Crippen molar-refractivity contribution in [3.05, 3.63) is 64.4 Å². The Kier molecular flexibility index (Phi) is 6.49. The van der Waals surface area contributed by atoms with Crippen LogP contribution in [0.15, 0.2) is 53.1 Å². The van der Waals surface area contributed by atoms with E-state index in [9.17, 15) is 0 Å². The molecule has 4 rings (SSSR count). The first-order valence-electron chi connectivity index (χ1n) is 10.7. The second-order valence-corrected chi connectivity index (χ2v) is 9.36. The molecule has 2 aromatic rings. The first-order chi connectivity index (χ1) is 13.7. The zero-order valence-corrected chi connectivity index (χ0v) is 18.2. The summed E-state index contributed by atoms with van der Waals surface area (Å²) in [5.41, 5.74) is 2.87. The summed E-state index contributed by atoms with van der Waals surface area (Å²) in [4.78, 5) is 4.80. The minimum absolute atomic E-state index is 0.102. The third-order valence-electron chi connectivity index (χ3n) is 6.68. The zero-order chi connectivity index (χ0) is 19.3. The second kappa shape index (κ2) is 9.06. The van der Waals surface area contributed by atoms with Crippen LogP contribution >= 0.6 is 15.9 Å². The number of nitrogens with one attached hydrogen (secondary N) is 1. The number of halogens is 1. The van der Waals surface area contributed by atoms with Gasteiger partial charge in [0.15, 0.2) is 0 Å². The van der Waals surface area contributed by atoms with Crippen molar-refractivity contribution in [1.29, 1.82) is 0 Å². The normalized spacial score (nSPS) is 23.9. The van der Waals surface area contributed by atoms with E-state index in [1.54, 1.807) is 0 Å². The molecule has 1 spiro atoms. The largest absolute Gasteiger partial charge is 0.375 e. The lowest BCUT2D eigenvalue weighted by atomic mass is 9.68. The van der Waals surface area contributed by atoms with E-state index in [-0.39, 0.29) is 11.0 Å². The molecule has 4 heteroatoms. The monoisotopic (exact) mass is 442 g/mol. The molecule has 2 aliphatic rings. The Balaban J connectivity index is 1.40. The van der Waals surface area contributed by atoms with Gasteiger partial charge in [-0.2, -0.15) is 0 Å². The Hall–Kier alpha value is -1.23. The average molecular weight is 443 g/mol. The first kappa shape index (κ1) is 20.1. The minimum Gasteiger partial charge on any atom is -0.375 e. The van der Waals surface area contributed by atoms with Crippen molar-refractivity contribution in [2.45, 2.75) is 62.4 Å². The zero-order valence-electron chi connectivity index (χ0n) is 16.6. The lowest BCUT2D eigenvalue weighted by Gasteiger charge is -2.46. The van der Waals surface area contributed by atoms with Crippen LogP contribution in [0.3, 0.4) is 0 Å². The third-order valence-corrected chi connectivity index (χ3v) is 7.46. The van der Waals surface area contributed by atoms with Gasteiger partial charge in [-0.3, -0.25) is 4.98 Å². The fourth-order valence-corrected chi connectivity index (χ4v) is 5.66. The summed E-state index contributed by atoms with van der Waals surface area (Å²) in [6.45, 7) is 2.90. The lowest BCUT2D eigenvalue weighted by molar-refractivity contribution is -0.104. The van der Waals surface area contributed by atoms with E-state index in [1.165, 1.54) is 41.4 Å². The summed E-state index contributed by atoms with van der Waals surface area (Å²) < 4.78 is 7.55. The fraction of sp³-hybridized carbons (Fsp3) is 0.542. The van der Waals surface area contributed by atoms with Crippen LogP contribution in [0.1, 0.15) is 56.2 Å². The quantitative estimate of drug-likeness (QED) is 0.580. The molecule has 28 heavy (non-hydrogen) atoms. The van der Waals surface area contributed by atoms with Gasteiger partial charge in [-0.15, -0.1) is 0 Å². The molecular formula is C24H31BrN2O. The molecule has 0 unspecified atom stereocenters. The van der Waals surface area contributed by atoms with E-state index in [1.807, 2.05) is 12.3 Å². The van der Waals surface area contributed by atoms with E-state index in [0.717, 1.165) is 45.4 Å². The molecule has 1 aliphatic heterocycles. The van der Waals surface area contributed by atoms with Crippen molar-refractivity contribution in [3.8, 4) is 0 Å². The summed E-state index contributed by atoms with van der Waals surface area (Å²) in [5.74, 6) is 0. The van der Waals surface area contributed by atoms with Gasteiger partial charge in [0, 0.05) is 28.4 Å². The highest BCUT2D eigenvalue weighted by molar-refractivity contribution is 9.10. The molecule has 1 aromatic carbocycles. The van der Waals surface area contributed by atoms with Crippen LogP contribution in [-0.4, -0.2) is 30.3 Å².